The van der Waals surface area contributed by atoms with Crippen molar-refractivity contribution in [3.05, 3.63) is 72.3 Å². The topological polar surface area (TPSA) is 81.0 Å². The average molecular weight is 470 g/mol. The zero-order valence-electron chi connectivity index (χ0n) is 20.3. The van der Waals surface area contributed by atoms with Crippen LogP contribution in [0.25, 0.3) is 22.5 Å². The van der Waals surface area contributed by atoms with Crippen LogP contribution in [0.15, 0.2) is 61.2 Å². The molecule has 8 nitrogen and oxygen atoms in total. The molecule has 1 N–H and O–H groups in total. The van der Waals surface area contributed by atoms with Gasteiger partial charge in [-0.25, -0.2) is 9.97 Å². The van der Waals surface area contributed by atoms with Gasteiger partial charge in [0.1, 0.15) is 5.69 Å². The van der Waals surface area contributed by atoms with Crippen LogP contribution in [0.2, 0.25) is 0 Å². The zero-order chi connectivity index (χ0) is 24.0. The molecule has 0 fully saturated rings. The molecule has 3 aromatic heterocycles. The van der Waals surface area contributed by atoms with Crippen LogP contribution in [0.5, 0.6) is 0 Å². The summed E-state index contributed by atoms with van der Waals surface area (Å²) in [6.45, 7) is 6.72. The van der Waals surface area contributed by atoms with Crippen LogP contribution in [0, 0.1) is 0 Å². The van der Waals surface area contributed by atoms with E-state index in [0.29, 0.717) is 5.95 Å². The Bertz CT molecular complexity index is 1270. The molecule has 1 aliphatic heterocycles. The van der Waals surface area contributed by atoms with E-state index < -0.39 is 0 Å². The van der Waals surface area contributed by atoms with Crippen LogP contribution in [-0.2, 0) is 24.1 Å². The first-order valence-electron chi connectivity index (χ1n) is 12.1. The number of aromatic nitrogens is 5. The number of pyridine rings is 1. The van der Waals surface area contributed by atoms with Crippen molar-refractivity contribution < 1.29 is 4.74 Å². The molecule has 180 valence electrons. The van der Waals surface area contributed by atoms with E-state index in [4.69, 9.17) is 14.8 Å². The molecule has 0 atom stereocenters. The fraction of sp³-hybridized carbons (Fsp3) is 0.333. The van der Waals surface area contributed by atoms with Crippen molar-refractivity contribution in [3.63, 3.8) is 0 Å². The molecule has 0 unspecified atom stereocenters. The summed E-state index contributed by atoms with van der Waals surface area (Å²) in [4.78, 5) is 16.0. The number of hydrogen-bond acceptors (Lipinski definition) is 7. The molecule has 0 radical (unpaired) electrons. The van der Waals surface area contributed by atoms with Gasteiger partial charge in [0.15, 0.2) is 0 Å². The van der Waals surface area contributed by atoms with Crippen molar-refractivity contribution in [1.82, 2.24) is 29.6 Å². The van der Waals surface area contributed by atoms with E-state index >= 15 is 0 Å². The SMILES string of the molecule is CCn1cc(-c2ccnc(Nc3ccc4c(c3)CCN(CCOC)CC4)n2)c(-c2cccnc2)n1. The van der Waals surface area contributed by atoms with Crippen molar-refractivity contribution in [2.24, 2.45) is 0 Å². The second-order valence-corrected chi connectivity index (χ2v) is 8.70. The molecule has 0 bridgehead atoms. The van der Waals surface area contributed by atoms with Crippen LogP contribution in [0.3, 0.4) is 0 Å². The Morgan fingerprint density at radius 3 is 2.74 bits per heavy atom. The Morgan fingerprint density at radius 1 is 1.06 bits per heavy atom. The summed E-state index contributed by atoms with van der Waals surface area (Å²) in [5.41, 5.74) is 7.42. The van der Waals surface area contributed by atoms with Gasteiger partial charge in [0.25, 0.3) is 0 Å². The molecule has 8 heteroatoms. The predicted molar refractivity (Wildman–Crippen MR) is 138 cm³/mol. The minimum absolute atomic E-state index is 0.569. The highest BCUT2D eigenvalue weighted by Crippen LogP contribution is 2.30. The lowest BCUT2D eigenvalue weighted by atomic mass is 10.0. The fourth-order valence-corrected chi connectivity index (χ4v) is 4.48. The highest BCUT2D eigenvalue weighted by molar-refractivity contribution is 5.78. The van der Waals surface area contributed by atoms with Crippen LogP contribution in [-0.4, -0.2) is 63.0 Å². The number of benzene rings is 1. The summed E-state index contributed by atoms with van der Waals surface area (Å²) < 4.78 is 7.18. The standard InChI is InChI=1S/C27H31N7O/c1-3-34-19-24(26(32-34)22-5-4-11-28-18-22)25-8-12-29-27(31-25)30-23-7-6-20-9-13-33(15-16-35-2)14-10-21(20)17-23/h4-8,11-12,17-19H,3,9-10,13-16H2,1-2H3,(H,29,30,31). The first-order chi connectivity index (χ1) is 17.2. The molecule has 1 aromatic carbocycles. The van der Waals surface area contributed by atoms with E-state index in [9.17, 15) is 0 Å². The molecule has 0 saturated heterocycles. The highest BCUT2D eigenvalue weighted by Gasteiger charge is 2.16. The Kier molecular flexibility index (Phi) is 7.11. The number of ether oxygens (including phenoxy) is 1. The number of aryl methyl sites for hydroxylation is 1. The van der Waals surface area contributed by atoms with Crippen LogP contribution >= 0.6 is 0 Å². The van der Waals surface area contributed by atoms with Crippen molar-refractivity contribution in [3.8, 4) is 22.5 Å². The number of hydrogen-bond donors (Lipinski definition) is 1. The molecule has 0 amide bonds. The van der Waals surface area contributed by atoms with Gasteiger partial charge in [-0.05, 0) is 61.2 Å². The van der Waals surface area contributed by atoms with E-state index in [0.717, 1.165) is 73.8 Å². The van der Waals surface area contributed by atoms with Crippen LogP contribution < -0.4 is 5.32 Å². The number of rotatable bonds is 8. The second-order valence-electron chi connectivity index (χ2n) is 8.70. The van der Waals surface area contributed by atoms with E-state index in [1.165, 1.54) is 11.1 Å². The Hall–Kier alpha value is -3.62. The van der Waals surface area contributed by atoms with E-state index in [2.05, 4.69) is 45.3 Å². The number of anilines is 2. The highest BCUT2D eigenvalue weighted by atomic mass is 16.5. The third-order valence-electron chi connectivity index (χ3n) is 6.42. The van der Waals surface area contributed by atoms with Crippen molar-refractivity contribution in [1.29, 1.82) is 0 Å². The minimum atomic E-state index is 0.569. The molecular formula is C27H31N7O. The maximum atomic E-state index is 5.26. The lowest BCUT2D eigenvalue weighted by Gasteiger charge is -2.18. The zero-order valence-corrected chi connectivity index (χ0v) is 20.3. The number of methoxy groups -OCH3 is 1. The monoisotopic (exact) mass is 469 g/mol. The van der Waals surface area contributed by atoms with Crippen molar-refractivity contribution >= 4 is 11.6 Å². The summed E-state index contributed by atoms with van der Waals surface area (Å²) >= 11 is 0. The van der Waals surface area contributed by atoms with Crippen LogP contribution in [0.1, 0.15) is 18.1 Å². The van der Waals surface area contributed by atoms with Crippen LogP contribution in [0.4, 0.5) is 11.6 Å². The van der Waals surface area contributed by atoms with Gasteiger partial charge in [-0.15, -0.1) is 0 Å². The van der Waals surface area contributed by atoms with Gasteiger partial charge in [-0.1, -0.05) is 6.07 Å². The van der Waals surface area contributed by atoms with Gasteiger partial charge in [0, 0.05) is 74.9 Å². The summed E-state index contributed by atoms with van der Waals surface area (Å²) in [5.74, 6) is 0.569. The lowest BCUT2D eigenvalue weighted by Crippen LogP contribution is -2.29. The van der Waals surface area contributed by atoms with E-state index in [1.807, 2.05) is 35.3 Å². The van der Waals surface area contributed by atoms with Crippen molar-refractivity contribution in [2.75, 3.05) is 38.7 Å². The molecule has 4 heterocycles. The van der Waals surface area contributed by atoms with Gasteiger partial charge >= 0.3 is 0 Å². The maximum absolute atomic E-state index is 5.26. The molecule has 1 aliphatic rings. The molecule has 4 aromatic rings. The predicted octanol–water partition coefficient (Wildman–Crippen LogP) is 4.21. The van der Waals surface area contributed by atoms with Gasteiger partial charge in [0.2, 0.25) is 5.95 Å². The first-order valence-corrected chi connectivity index (χ1v) is 12.1. The Balaban J connectivity index is 1.37. The minimum Gasteiger partial charge on any atom is -0.383 e. The molecular weight excluding hydrogens is 438 g/mol. The lowest BCUT2D eigenvalue weighted by molar-refractivity contribution is 0.150. The average Bonchev–Trinajstić information content (AvgIpc) is 3.24. The molecule has 0 saturated carbocycles. The normalized spacial score (nSPS) is 13.9. The Morgan fingerprint density at radius 2 is 1.94 bits per heavy atom. The molecule has 0 aliphatic carbocycles. The number of nitrogens with one attached hydrogen (secondary N) is 1. The summed E-state index contributed by atoms with van der Waals surface area (Å²) in [6, 6.07) is 12.5. The summed E-state index contributed by atoms with van der Waals surface area (Å²) in [6.07, 6.45) is 9.51. The maximum Gasteiger partial charge on any atom is 0.227 e. The van der Waals surface area contributed by atoms with Crippen molar-refractivity contribution in [2.45, 2.75) is 26.3 Å². The molecule has 0 spiro atoms. The largest absolute Gasteiger partial charge is 0.383 e. The summed E-state index contributed by atoms with van der Waals surface area (Å²) in [5, 5.41) is 8.17. The smallest absolute Gasteiger partial charge is 0.227 e. The number of fused-ring (bicyclic) bond motifs is 1. The molecule has 35 heavy (non-hydrogen) atoms. The number of nitrogens with zero attached hydrogens (tertiary/aromatic N) is 6. The van der Waals surface area contributed by atoms with E-state index in [-0.39, 0.29) is 0 Å². The van der Waals surface area contributed by atoms with Gasteiger partial charge in [-0.2, -0.15) is 5.10 Å². The van der Waals surface area contributed by atoms with Gasteiger partial charge in [0.05, 0.1) is 12.3 Å². The quantitative estimate of drug-likeness (QED) is 0.414. The third-order valence-corrected chi connectivity index (χ3v) is 6.42. The van der Waals surface area contributed by atoms with Gasteiger partial charge in [-0.3, -0.25) is 9.67 Å². The fourth-order valence-electron chi connectivity index (χ4n) is 4.48. The van der Waals surface area contributed by atoms with Gasteiger partial charge < -0.3 is 15.0 Å². The Labute approximate surface area is 206 Å². The second kappa shape index (κ2) is 10.8. The molecule has 5 rings (SSSR count). The summed E-state index contributed by atoms with van der Waals surface area (Å²) in [7, 11) is 1.76. The van der Waals surface area contributed by atoms with E-state index in [1.54, 1.807) is 19.5 Å². The third kappa shape index (κ3) is 5.39. The first kappa shape index (κ1) is 23.1.